The maximum Gasteiger partial charge on any atom is 0.327 e. The highest BCUT2D eigenvalue weighted by Gasteiger charge is 2.25. The summed E-state index contributed by atoms with van der Waals surface area (Å²) in [6.07, 6.45) is 38.0. The summed E-state index contributed by atoms with van der Waals surface area (Å²) in [5.74, 6) is -1.42. The lowest BCUT2D eigenvalue weighted by Gasteiger charge is -2.22. The normalized spacial score (nSPS) is 13.6. The fourth-order valence-electron chi connectivity index (χ4n) is 6.81. The van der Waals surface area contributed by atoms with Crippen molar-refractivity contribution in [3.63, 3.8) is 0 Å². The van der Waals surface area contributed by atoms with Gasteiger partial charge in [-0.3, -0.25) is 23.7 Å². The minimum Gasteiger partial charge on any atom is -0.461 e. The van der Waals surface area contributed by atoms with E-state index in [1.807, 2.05) is 6.08 Å². The first kappa shape index (κ1) is 58.5. The van der Waals surface area contributed by atoms with Crippen LogP contribution in [0.1, 0.15) is 213 Å². The maximum atomic E-state index is 13.4. The Labute approximate surface area is 373 Å². The van der Waals surface area contributed by atoms with Gasteiger partial charge in [0.1, 0.15) is 6.61 Å². The van der Waals surface area contributed by atoms with E-state index in [-0.39, 0.29) is 57.0 Å². The number of rotatable bonds is 44. The summed E-state index contributed by atoms with van der Waals surface area (Å²) in [5.41, 5.74) is 0. The second-order valence-electron chi connectivity index (χ2n) is 16.6. The number of nitrogens with one attached hydrogen (secondary N) is 2. The molecule has 3 atom stereocenters. The second-order valence-corrected chi connectivity index (χ2v) is 18.7. The summed E-state index contributed by atoms with van der Waals surface area (Å²) in [6, 6.07) is 0. The number of carbonyl (C=O) groups excluding carboxylic acids is 4. The van der Waals surface area contributed by atoms with Crippen LogP contribution in [0, 0.1) is 5.92 Å². The van der Waals surface area contributed by atoms with Gasteiger partial charge >= 0.3 is 19.5 Å². The highest BCUT2D eigenvalue weighted by molar-refractivity contribution is 7.52. The highest BCUT2D eigenvalue weighted by atomic mass is 31.2. The number of hydrogen-bond acceptors (Lipinski definition) is 9. The fraction of sp³-hybridized carbons (Fsp3) is 0.837. The highest BCUT2D eigenvalue weighted by Crippen LogP contribution is 2.43. The van der Waals surface area contributed by atoms with E-state index in [9.17, 15) is 23.7 Å². The molecule has 61 heavy (non-hydrogen) atoms. The van der Waals surface area contributed by atoms with Crippen molar-refractivity contribution < 1.29 is 42.3 Å². The van der Waals surface area contributed by atoms with Gasteiger partial charge in [0, 0.05) is 39.5 Å². The van der Waals surface area contributed by atoms with Crippen LogP contribution in [0.5, 0.6) is 0 Å². The van der Waals surface area contributed by atoms with Crippen molar-refractivity contribution in [3.05, 3.63) is 24.3 Å². The van der Waals surface area contributed by atoms with Gasteiger partial charge in [-0.1, -0.05) is 154 Å². The van der Waals surface area contributed by atoms with E-state index >= 15 is 0 Å². The molecule has 2 unspecified atom stereocenters. The Morgan fingerprint density at radius 2 is 1.07 bits per heavy atom. The summed E-state index contributed by atoms with van der Waals surface area (Å²) < 4.78 is 35.9. The van der Waals surface area contributed by atoms with E-state index in [4.69, 9.17) is 18.5 Å². The first-order valence-corrected chi connectivity index (χ1v) is 26.6. The Balaban J connectivity index is 5.10. The monoisotopic (exact) mass is 883 g/mol. The van der Waals surface area contributed by atoms with Crippen LogP contribution in [0.4, 0.5) is 0 Å². The third-order valence-corrected chi connectivity index (χ3v) is 12.0. The molecule has 0 bridgehead atoms. The molecule has 0 aromatic carbocycles. The van der Waals surface area contributed by atoms with Crippen LogP contribution in [0.15, 0.2) is 24.3 Å². The van der Waals surface area contributed by atoms with Gasteiger partial charge in [-0.2, -0.15) is 0 Å². The molecule has 11 nitrogen and oxygen atoms in total. The zero-order valence-corrected chi connectivity index (χ0v) is 40.5. The van der Waals surface area contributed by atoms with E-state index in [1.54, 1.807) is 7.05 Å². The molecule has 0 spiro atoms. The molecule has 12 heteroatoms. The molecule has 2 amide bonds. The molecule has 0 aromatic heterocycles. The van der Waals surface area contributed by atoms with Crippen molar-refractivity contribution in [2.24, 2.45) is 5.92 Å². The minimum absolute atomic E-state index is 0.0442. The number of amides is 2. The zero-order valence-electron chi connectivity index (χ0n) is 39.6. The summed E-state index contributed by atoms with van der Waals surface area (Å²) in [7, 11) is -2.03. The number of allylic oxidation sites excluding steroid dienone is 3. The first-order valence-electron chi connectivity index (χ1n) is 24.6. The molecule has 0 saturated heterocycles. The molecule has 0 heterocycles. The van der Waals surface area contributed by atoms with Crippen molar-refractivity contribution in [2.75, 3.05) is 40.1 Å². The van der Waals surface area contributed by atoms with E-state index in [0.29, 0.717) is 32.1 Å². The average molecular weight is 883 g/mol. The number of unbranched alkanes of at least 4 members (excludes halogenated alkanes) is 21. The van der Waals surface area contributed by atoms with Crippen LogP contribution in [0.3, 0.4) is 0 Å². The smallest absolute Gasteiger partial charge is 0.327 e. The van der Waals surface area contributed by atoms with E-state index < -0.39 is 25.6 Å². The summed E-state index contributed by atoms with van der Waals surface area (Å²) in [5, 5.41) is 5.28. The van der Waals surface area contributed by atoms with Crippen molar-refractivity contribution in [3.8, 4) is 0 Å². The zero-order chi connectivity index (χ0) is 45.1. The van der Waals surface area contributed by atoms with Gasteiger partial charge < -0.3 is 29.2 Å². The van der Waals surface area contributed by atoms with Crippen LogP contribution in [0.25, 0.3) is 0 Å². The molecule has 0 aliphatic carbocycles. The standard InChI is InChI=1S/C49H91N2O9P/c1-6-9-12-15-17-19-20-21-22-23-24-25-27-29-32-39-48(54)60-45(43-59-61(5,56)58-41-40-51-47(53)38-34-33-37-46(52)50-4)42-57-49(55)44(35-30-14-11-8-3)36-31-28-26-18-16-13-10-7-2/h21-22,31,36,44-45H,6-20,23-30,32-35,37-43H2,1-5H3,(H,50,52)(H,51,53)/t44?,45-,61?/m1/s1. The topological polar surface area (TPSA) is 146 Å². The molecular weight excluding hydrogens is 792 g/mol. The third-order valence-electron chi connectivity index (χ3n) is 10.7. The van der Waals surface area contributed by atoms with Crippen LogP contribution >= 0.6 is 7.60 Å². The Hall–Kier alpha value is -2.49. The number of hydrogen-bond donors (Lipinski definition) is 2. The van der Waals surface area contributed by atoms with E-state index in [2.05, 4.69) is 49.6 Å². The van der Waals surface area contributed by atoms with Crippen molar-refractivity contribution >= 4 is 31.3 Å². The lowest BCUT2D eigenvalue weighted by molar-refractivity contribution is -0.162. The van der Waals surface area contributed by atoms with Gasteiger partial charge in [0.2, 0.25) is 11.8 Å². The Morgan fingerprint density at radius 1 is 0.574 bits per heavy atom. The van der Waals surface area contributed by atoms with Gasteiger partial charge in [0.05, 0.1) is 19.1 Å². The van der Waals surface area contributed by atoms with Crippen molar-refractivity contribution in [1.82, 2.24) is 10.6 Å². The maximum absolute atomic E-state index is 13.4. The molecule has 0 aliphatic heterocycles. The van der Waals surface area contributed by atoms with Gasteiger partial charge in [-0.25, -0.2) is 0 Å². The molecule has 2 N–H and O–H groups in total. The van der Waals surface area contributed by atoms with Gasteiger partial charge in [-0.15, -0.1) is 0 Å². The van der Waals surface area contributed by atoms with Crippen LogP contribution < -0.4 is 10.6 Å². The quantitative estimate of drug-likeness (QED) is 0.0264. The number of ether oxygens (including phenoxy) is 2. The Kier molecular flexibility index (Phi) is 41.0. The van der Waals surface area contributed by atoms with Gasteiger partial charge in [0.25, 0.3) is 0 Å². The Morgan fingerprint density at radius 3 is 1.64 bits per heavy atom. The predicted octanol–water partition coefficient (Wildman–Crippen LogP) is 12.7. The molecule has 0 aromatic rings. The molecule has 356 valence electrons. The second kappa shape index (κ2) is 42.8. The van der Waals surface area contributed by atoms with Crippen LogP contribution in [0.2, 0.25) is 0 Å². The molecule has 0 rings (SSSR count). The third kappa shape index (κ3) is 40.1. The summed E-state index contributed by atoms with van der Waals surface area (Å²) in [4.78, 5) is 49.9. The Bertz CT molecular complexity index is 1190. The minimum atomic E-state index is -3.61. The van der Waals surface area contributed by atoms with Gasteiger partial charge in [0.15, 0.2) is 6.10 Å². The number of carbonyl (C=O) groups is 4. The molecule has 0 saturated carbocycles. The predicted molar refractivity (Wildman–Crippen MR) is 251 cm³/mol. The molecular formula is C49H91N2O9P. The molecule has 0 fully saturated rings. The average Bonchev–Trinajstić information content (AvgIpc) is 3.24. The summed E-state index contributed by atoms with van der Waals surface area (Å²) >= 11 is 0. The number of esters is 2. The fourth-order valence-corrected chi connectivity index (χ4v) is 7.75. The lowest BCUT2D eigenvalue weighted by Crippen LogP contribution is -2.31. The van der Waals surface area contributed by atoms with Crippen LogP contribution in [-0.4, -0.2) is 69.9 Å². The SMILES string of the molecule is CCCCCCCCC=CCCCCCCCC(=O)O[C@H](COC(=O)C(C=CCCCCCCCC)CCCCCC)COP(C)(=O)OCCNC(=O)CCCCC(=O)NC. The van der Waals surface area contributed by atoms with Crippen molar-refractivity contribution in [2.45, 2.75) is 219 Å². The first-order chi connectivity index (χ1) is 29.6. The van der Waals surface area contributed by atoms with Crippen LogP contribution in [-0.2, 0) is 42.3 Å². The van der Waals surface area contributed by atoms with E-state index in [1.165, 1.54) is 83.7 Å². The van der Waals surface area contributed by atoms with E-state index in [0.717, 1.165) is 70.6 Å². The lowest BCUT2D eigenvalue weighted by atomic mass is 9.99. The van der Waals surface area contributed by atoms with Crippen molar-refractivity contribution in [1.29, 1.82) is 0 Å². The largest absolute Gasteiger partial charge is 0.461 e. The van der Waals surface area contributed by atoms with Gasteiger partial charge in [-0.05, 0) is 64.2 Å². The molecule has 0 aliphatic rings. The summed E-state index contributed by atoms with van der Waals surface area (Å²) in [6.45, 7) is 7.55. The molecule has 0 radical (unpaired) electrons.